The van der Waals surface area contributed by atoms with Crippen LogP contribution >= 0.6 is 11.6 Å². The molecule has 128 valence electrons. The number of aromatic nitrogens is 1. The summed E-state index contributed by atoms with van der Waals surface area (Å²) in [5.74, 6) is 1.26. The Balaban J connectivity index is 1.46. The molecule has 0 bridgehead atoms. The fraction of sp³-hybridized carbons (Fsp3) is 0.158. The Morgan fingerprint density at radius 1 is 1.12 bits per heavy atom. The molecule has 2 N–H and O–H groups in total. The molecule has 6 heteroatoms. The Kier molecular flexibility index (Phi) is 5.69. The Labute approximate surface area is 151 Å². The van der Waals surface area contributed by atoms with E-state index in [0.29, 0.717) is 17.9 Å². The van der Waals surface area contributed by atoms with Crippen molar-refractivity contribution < 1.29 is 9.21 Å². The highest BCUT2D eigenvalue weighted by atomic mass is 35.5. The summed E-state index contributed by atoms with van der Waals surface area (Å²) >= 11 is 5.87. The van der Waals surface area contributed by atoms with Crippen LogP contribution in [0.1, 0.15) is 21.7 Å². The summed E-state index contributed by atoms with van der Waals surface area (Å²) in [5.41, 5.74) is 1.71. The van der Waals surface area contributed by atoms with Gasteiger partial charge in [0, 0.05) is 17.8 Å². The number of amides is 1. The van der Waals surface area contributed by atoms with Gasteiger partial charge in [-0.05, 0) is 48.4 Å². The van der Waals surface area contributed by atoms with Crippen LogP contribution in [0, 0.1) is 0 Å². The normalized spacial score (nSPS) is 10.4. The maximum absolute atomic E-state index is 12.1. The average Bonchev–Trinajstić information content (AvgIpc) is 3.15. The minimum atomic E-state index is -0.184. The van der Waals surface area contributed by atoms with Gasteiger partial charge in [-0.3, -0.25) is 4.79 Å². The number of furan rings is 1. The first-order chi connectivity index (χ1) is 12.2. The van der Waals surface area contributed by atoms with Gasteiger partial charge in [0.1, 0.15) is 11.6 Å². The lowest BCUT2D eigenvalue weighted by atomic mass is 10.1. The molecule has 0 spiro atoms. The molecule has 3 rings (SSSR count). The van der Waals surface area contributed by atoms with Crippen molar-refractivity contribution in [2.24, 2.45) is 0 Å². The van der Waals surface area contributed by atoms with E-state index in [2.05, 4.69) is 15.6 Å². The van der Waals surface area contributed by atoms with Crippen molar-refractivity contribution in [1.29, 1.82) is 0 Å². The lowest BCUT2D eigenvalue weighted by Gasteiger charge is -2.07. The molecule has 0 aliphatic carbocycles. The van der Waals surface area contributed by atoms with Crippen molar-refractivity contribution in [1.82, 2.24) is 10.3 Å². The second kappa shape index (κ2) is 8.35. The molecule has 1 aromatic carbocycles. The second-order valence-electron chi connectivity index (χ2n) is 5.50. The zero-order valence-electron chi connectivity index (χ0n) is 13.5. The number of carbonyl (C=O) groups excluding carboxylic acids is 1. The summed E-state index contributed by atoms with van der Waals surface area (Å²) < 4.78 is 5.18. The first kappa shape index (κ1) is 17.0. The molecule has 0 radical (unpaired) electrons. The predicted molar refractivity (Wildman–Crippen MR) is 97.8 cm³/mol. The van der Waals surface area contributed by atoms with E-state index in [1.54, 1.807) is 30.7 Å². The number of hydrogen-bond donors (Lipinski definition) is 2. The van der Waals surface area contributed by atoms with Crippen LogP contribution in [0.4, 0.5) is 5.82 Å². The number of anilines is 1. The van der Waals surface area contributed by atoms with E-state index >= 15 is 0 Å². The Morgan fingerprint density at radius 3 is 2.64 bits per heavy atom. The third-order valence-corrected chi connectivity index (χ3v) is 3.91. The van der Waals surface area contributed by atoms with Crippen molar-refractivity contribution in [3.8, 4) is 0 Å². The van der Waals surface area contributed by atoms with Crippen molar-refractivity contribution in [3.05, 3.63) is 82.9 Å². The van der Waals surface area contributed by atoms with Crippen LogP contribution < -0.4 is 10.6 Å². The second-order valence-corrected chi connectivity index (χ2v) is 5.93. The standard InChI is InChI=1S/C19H18ClN3O2/c20-16-6-3-14(4-7-16)9-10-21-18-8-5-15(12-22-18)19(24)23-13-17-2-1-11-25-17/h1-8,11-12H,9-10,13H2,(H,21,22)(H,23,24). The van der Waals surface area contributed by atoms with Crippen LogP contribution in [0.25, 0.3) is 0 Å². The van der Waals surface area contributed by atoms with Gasteiger partial charge < -0.3 is 15.1 Å². The number of pyridine rings is 1. The van der Waals surface area contributed by atoms with Crippen molar-refractivity contribution in [3.63, 3.8) is 0 Å². The van der Waals surface area contributed by atoms with Gasteiger partial charge >= 0.3 is 0 Å². The van der Waals surface area contributed by atoms with Crippen LogP contribution in [0.2, 0.25) is 5.02 Å². The van der Waals surface area contributed by atoms with E-state index in [1.165, 1.54) is 5.56 Å². The highest BCUT2D eigenvalue weighted by molar-refractivity contribution is 6.30. The summed E-state index contributed by atoms with van der Waals surface area (Å²) in [4.78, 5) is 16.3. The van der Waals surface area contributed by atoms with Gasteiger partial charge in [-0.15, -0.1) is 0 Å². The summed E-state index contributed by atoms with van der Waals surface area (Å²) in [6.45, 7) is 1.10. The fourth-order valence-electron chi connectivity index (χ4n) is 2.30. The smallest absolute Gasteiger partial charge is 0.253 e. The van der Waals surface area contributed by atoms with Crippen LogP contribution in [-0.4, -0.2) is 17.4 Å². The largest absolute Gasteiger partial charge is 0.467 e. The van der Waals surface area contributed by atoms with Crippen LogP contribution in [0.15, 0.2) is 65.4 Å². The molecule has 0 atom stereocenters. The summed E-state index contributed by atoms with van der Waals surface area (Å²) in [6, 6.07) is 14.9. The monoisotopic (exact) mass is 355 g/mol. The molecule has 3 aromatic rings. The molecule has 0 saturated heterocycles. The van der Waals surface area contributed by atoms with E-state index in [0.717, 1.165) is 23.8 Å². The zero-order valence-corrected chi connectivity index (χ0v) is 14.3. The van der Waals surface area contributed by atoms with Crippen LogP contribution in [0.3, 0.4) is 0 Å². The summed E-state index contributed by atoms with van der Waals surface area (Å²) in [5, 5.41) is 6.76. The molecular formula is C19H18ClN3O2. The topological polar surface area (TPSA) is 67.2 Å². The average molecular weight is 356 g/mol. The lowest BCUT2D eigenvalue weighted by molar-refractivity contribution is 0.0947. The van der Waals surface area contributed by atoms with Gasteiger partial charge in [-0.1, -0.05) is 23.7 Å². The molecule has 0 unspecified atom stereocenters. The maximum atomic E-state index is 12.1. The van der Waals surface area contributed by atoms with Crippen molar-refractivity contribution in [2.75, 3.05) is 11.9 Å². The van der Waals surface area contributed by atoms with E-state index in [9.17, 15) is 4.79 Å². The lowest BCUT2D eigenvalue weighted by Crippen LogP contribution is -2.22. The highest BCUT2D eigenvalue weighted by Crippen LogP contribution is 2.11. The molecular weight excluding hydrogens is 338 g/mol. The number of nitrogens with zero attached hydrogens (tertiary/aromatic N) is 1. The highest BCUT2D eigenvalue weighted by Gasteiger charge is 2.07. The zero-order chi connectivity index (χ0) is 17.5. The van der Waals surface area contributed by atoms with E-state index in [1.807, 2.05) is 30.3 Å². The van der Waals surface area contributed by atoms with Crippen molar-refractivity contribution in [2.45, 2.75) is 13.0 Å². The number of halogens is 1. The summed E-state index contributed by atoms with van der Waals surface area (Å²) in [6.07, 6.45) is 4.00. The molecule has 5 nitrogen and oxygen atoms in total. The molecule has 0 aliphatic rings. The van der Waals surface area contributed by atoms with Crippen LogP contribution in [0.5, 0.6) is 0 Å². The molecule has 0 saturated carbocycles. The van der Waals surface area contributed by atoms with E-state index in [4.69, 9.17) is 16.0 Å². The maximum Gasteiger partial charge on any atom is 0.253 e. The molecule has 2 aromatic heterocycles. The molecule has 2 heterocycles. The first-order valence-corrected chi connectivity index (χ1v) is 8.33. The number of rotatable bonds is 7. The SMILES string of the molecule is O=C(NCc1ccco1)c1ccc(NCCc2ccc(Cl)cc2)nc1. The first-order valence-electron chi connectivity index (χ1n) is 7.96. The minimum Gasteiger partial charge on any atom is -0.467 e. The number of nitrogens with one attached hydrogen (secondary N) is 2. The quantitative estimate of drug-likeness (QED) is 0.674. The van der Waals surface area contributed by atoms with Gasteiger partial charge in [0.05, 0.1) is 18.4 Å². The number of hydrogen-bond acceptors (Lipinski definition) is 4. The third kappa shape index (κ3) is 5.09. The Morgan fingerprint density at radius 2 is 1.96 bits per heavy atom. The Hall–Kier alpha value is -2.79. The molecule has 1 amide bonds. The number of benzene rings is 1. The minimum absolute atomic E-state index is 0.184. The van der Waals surface area contributed by atoms with Gasteiger partial charge in [0.15, 0.2) is 0 Å². The van der Waals surface area contributed by atoms with Crippen molar-refractivity contribution >= 4 is 23.3 Å². The molecule has 0 aliphatic heterocycles. The Bertz CT molecular complexity index is 800. The van der Waals surface area contributed by atoms with Crippen LogP contribution in [-0.2, 0) is 13.0 Å². The molecule has 25 heavy (non-hydrogen) atoms. The predicted octanol–water partition coefficient (Wildman–Crippen LogP) is 3.91. The summed E-state index contributed by atoms with van der Waals surface area (Å²) in [7, 11) is 0. The van der Waals surface area contributed by atoms with Gasteiger partial charge in [0.2, 0.25) is 0 Å². The van der Waals surface area contributed by atoms with Gasteiger partial charge in [0.25, 0.3) is 5.91 Å². The molecule has 0 fully saturated rings. The fourth-order valence-corrected chi connectivity index (χ4v) is 2.43. The number of carbonyl (C=O) groups is 1. The van der Waals surface area contributed by atoms with Gasteiger partial charge in [-0.25, -0.2) is 4.98 Å². The van der Waals surface area contributed by atoms with Gasteiger partial charge in [-0.2, -0.15) is 0 Å². The van der Waals surface area contributed by atoms with E-state index in [-0.39, 0.29) is 5.91 Å². The van der Waals surface area contributed by atoms with E-state index < -0.39 is 0 Å². The third-order valence-electron chi connectivity index (χ3n) is 3.66.